The molecule has 0 radical (unpaired) electrons. The molecule has 0 aliphatic rings. The number of hydrogen-bond acceptors (Lipinski definition) is 5. The fourth-order valence-corrected chi connectivity index (χ4v) is 2.56. The molecule has 1 N–H and O–H groups in total. The molecule has 0 amide bonds. The lowest BCUT2D eigenvalue weighted by atomic mass is 10.1. The molecule has 3 rings (SSSR count). The minimum absolute atomic E-state index is 0.273. The van der Waals surface area contributed by atoms with Crippen molar-refractivity contribution >= 4 is 11.3 Å². The number of aliphatic hydroxyl groups is 1. The van der Waals surface area contributed by atoms with E-state index < -0.39 is 23.3 Å². The van der Waals surface area contributed by atoms with Gasteiger partial charge in [-0.2, -0.15) is 0 Å². The second kappa shape index (κ2) is 7.37. The Kier molecular flexibility index (Phi) is 5.02. The molecule has 7 heteroatoms. The van der Waals surface area contributed by atoms with Crippen molar-refractivity contribution in [1.29, 1.82) is 0 Å². The molecular formula is C17H13F2NO3S. The largest absolute Gasteiger partial charge is 0.491 e. The van der Waals surface area contributed by atoms with Crippen molar-refractivity contribution in [2.45, 2.75) is 6.10 Å². The van der Waals surface area contributed by atoms with E-state index in [4.69, 9.17) is 9.47 Å². The van der Waals surface area contributed by atoms with Gasteiger partial charge in [0.25, 0.3) is 5.19 Å². The molecule has 1 atom stereocenters. The van der Waals surface area contributed by atoms with E-state index in [0.717, 1.165) is 12.1 Å². The summed E-state index contributed by atoms with van der Waals surface area (Å²) >= 11 is 1.37. The van der Waals surface area contributed by atoms with Gasteiger partial charge in [0.15, 0.2) is 0 Å². The average molecular weight is 349 g/mol. The zero-order valence-corrected chi connectivity index (χ0v) is 13.2. The lowest BCUT2D eigenvalue weighted by Crippen LogP contribution is -2.13. The van der Waals surface area contributed by atoms with E-state index in [1.807, 2.05) is 0 Å². The first-order valence-electron chi connectivity index (χ1n) is 7.05. The minimum Gasteiger partial charge on any atom is -0.491 e. The summed E-state index contributed by atoms with van der Waals surface area (Å²) in [4.78, 5) is 4.00. The topological polar surface area (TPSA) is 51.6 Å². The van der Waals surface area contributed by atoms with Gasteiger partial charge in [-0.15, -0.1) is 0 Å². The lowest BCUT2D eigenvalue weighted by Gasteiger charge is -2.14. The maximum Gasteiger partial charge on any atom is 0.278 e. The van der Waals surface area contributed by atoms with Crippen LogP contribution in [-0.4, -0.2) is 16.7 Å². The summed E-state index contributed by atoms with van der Waals surface area (Å²) in [5.74, 6) is -0.591. The Morgan fingerprint density at radius 2 is 1.71 bits per heavy atom. The molecule has 2 aromatic carbocycles. The van der Waals surface area contributed by atoms with Gasteiger partial charge in [0, 0.05) is 11.6 Å². The molecule has 24 heavy (non-hydrogen) atoms. The van der Waals surface area contributed by atoms with Gasteiger partial charge in [0.2, 0.25) is 0 Å². The third kappa shape index (κ3) is 3.87. The summed E-state index contributed by atoms with van der Waals surface area (Å²) in [6, 6.07) is 10.0. The van der Waals surface area contributed by atoms with Crippen LogP contribution >= 0.6 is 11.3 Å². The van der Waals surface area contributed by atoms with Gasteiger partial charge in [-0.05, 0) is 36.4 Å². The predicted octanol–water partition coefficient (Wildman–Crippen LogP) is 4.33. The number of nitrogens with zero attached hydrogens (tertiary/aromatic N) is 1. The first-order valence-corrected chi connectivity index (χ1v) is 7.93. The highest BCUT2D eigenvalue weighted by molar-refractivity contribution is 7.11. The Bertz CT molecular complexity index is 774. The first kappa shape index (κ1) is 16.4. The van der Waals surface area contributed by atoms with Gasteiger partial charge in [-0.1, -0.05) is 17.4 Å². The van der Waals surface area contributed by atoms with Crippen molar-refractivity contribution in [1.82, 2.24) is 4.98 Å². The summed E-state index contributed by atoms with van der Waals surface area (Å²) in [5.41, 5.74) is -0.402. The van der Waals surface area contributed by atoms with Gasteiger partial charge in [0.05, 0.1) is 5.56 Å². The van der Waals surface area contributed by atoms with Crippen LogP contribution in [0.4, 0.5) is 8.78 Å². The van der Waals surface area contributed by atoms with Crippen LogP contribution in [0.2, 0.25) is 0 Å². The van der Waals surface area contributed by atoms with Crippen molar-refractivity contribution in [3.8, 4) is 16.7 Å². The fourth-order valence-electron chi connectivity index (χ4n) is 2.05. The van der Waals surface area contributed by atoms with E-state index in [9.17, 15) is 13.9 Å². The Morgan fingerprint density at radius 1 is 1.04 bits per heavy atom. The lowest BCUT2D eigenvalue weighted by molar-refractivity contribution is 0.101. The number of ether oxygens (including phenoxy) is 2. The Hall–Kier alpha value is -2.51. The molecule has 0 aliphatic carbocycles. The van der Waals surface area contributed by atoms with Gasteiger partial charge in [-0.3, -0.25) is 0 Å². The van der Waals surface area contributed by atoms with Crippen LogP contribution in [0.25, 0.3) is 0 Å². The van der Waals surface area contributed by atoms with Crippen LogP contribution in [0.1, 0.15) is 11.7 Å². The van der Waals surface area contributed by atoms with Gasteiger partial charge < -0.3 is 14.6 Å². The van der Waals surface area contributed by atoms with Crippen molar-refractivity contribution in [3.63, 3.8) is 0 Å². The van der Waals surface area contributed by atoms with Crippen LogP contribution in [0, 0.1) is 11.6 Å². The second-order valence-corrected chi connectivity index (χ2v) is 5.69. The molecule has 0 aliphatic heterocycles. The molecular weight excluding hydrogens is 336 g/mol. The zero-order valence-electron chi connectivity index (χ0n) is 12.4. The van der Waals surface area contributed by atoms with Crippen LogP contribution in [0.3, 0.4) is 0 Å². The van der Waals surface area contributed by atoms with Gasteiger partial charge in [-0.25, -0.2) is 13.8 Å². The SMILES string of the molecule is OC(COc1ccc(Oc2nccs2)cc1)c1c(F)cccc1F. The molecule has 124 valence electrons. The summed E-state index contributed by atoms with van der Waals surface area (Å²) in [6.45, 7) is -0.273. The second-order valence-electron chi connectivity index (χ2n) is 4.83. The first-order chi connectivity index (χ1) is 11.6. The summed E-state index contributed by atoms with van der Waals surface area (Å²) in [5, 5.41) is 12.3. The van der Waals surface area contributed by atoms with E-state index in [-0.39, 0.29) is 6.61 Å². The van der Waals surface area contributed by atoms with Gasteiger partial charge >= 0.3 is 0 Å². The van der Waals surface area contributed by atoms with Gasteiger partial charge in [0.1, 0.15) is 35.8 Å². The Morgan fingerprint density at radius 3 is 2.33 bits per heavy atom. The van der Waals surface area contributed by atoms with Crippen LogP contribution in [-0.2, 0) is 0 Å². The number of rotatable bonds is 6. The standard InChI is InChI=1S/C17H13F2NO3S/c18-13-2-1-3-14(19)16(13)15(21)10-22-11-4-6-12(7-5-11)23-17-20-8-9-24-17/h1-9,15,21H,10H2. The summed E-state index contributed by atoms with van der Waals surface area (Å²) < 4.78 is 38.0. The Balaban J connectivity index is 1.60. The van der Waals surface area contributed by atoms with E-state index >= 15 is 0 Å². The maximum absolute atomic E-state index is 13.6. The Labute approximate surface area is 140 Å². The van der Waals surface area contributed by atoms with E-state index in [2.05, 4.69) is 4.98 Å². The molecule has 0 spiro atoms. The number of thiazole rings is 1. The molecule has 0 bridgehead atoms. The number of aliphatic hydroxyl groups excluding tert-OH is 1. The zero-order chi connectivity index (χ0) is 16.9. The van der Waals surface area contributed by atoms with Crippen molar-refractivity contribution in [2.75, 3.05) is 6.61 Å². The molecule has 0 saturated heterocycles. The number of halogens is 2. The normalized spacial score (nSPS) is 12.0. The highest BCUT2D eigenvalue weighted by Gasteiger charge is 2.18. The van der Waals surface area contributed by atoms with Crippen LogP contribution in [0.15, 0.2) is 54.0 Å². The van der Waals surface area contributed by atoms with Crippen LogP contribution < -0.4 is 9.47 Å². The maximum atomic E-state index is 13.6. The number of benzene rings is 2. The molecule has 1 aromatic heterocycles. The van der Waals surface area contributed by atoms with Crippen molar-refractivity contribution in [3.05, 3.63) is 71.2 Å². The van der Waals surface area contributed by atoms with E-state index in [0.29, 0.717) is 16.7 Å². The molecule has 1 unspecified atom stereocenters. The smallest absolute Gasteiger partial charge is 0.278 e. The molecule has 0 saturated carbocycles. The fraction of sp³-hybridized carbons (Fsp3) is 0.118. The monoisotopic (exact) mass is 349 g/mol. The average Bonchev–Trinajstić information content (AvgIpc) is 3.07. The summed E-state index contributed by atoms with van der Waals surface area (Å²) in [6.07, 6.45) is 0.234. The summed E-state index contributed by atoms with van der Waals surface area (Å²) in [7, 11) is 0. The third-order valence-corrected chi connectivity index (χ3v) is 3.83. The highest BCUT2D eigenvalue weighted by Crippen LogP contribution is 2.26. The molecule has 3 aromatic rings. The third-order valence-electron chi connectivity index (χ3n) is 3.18. The quantitative estimate of drug-likeness (QED) is 0.720. The van der Waals surface area contributed by atoms with E-state index in [1.54, 1.807) is 35.8 Å². The molecule has 4 nitrogen and oxygen atoms in total. The minimum atomic E-state index is -1.41. The van der Waals surface area contributed by atoms with E-state index in [1.165, 1.54) is 17.4 Å². The van der Waals surface area contributed by atoms with Crippen molar-refractivity contribution in [2.24, 2.45) is 0 Å². The molecule has 0 fully saturated rings. The highest BCUT2D eigenvalue weighted by atomic mass is 32.1. The number of aromatic nitrogens is 1. The van der Waals surface area contributed by atoms with Crippen molar-refractivity contribution < 1.29 is 23.4 Å². The van der Waals surface area contributed by atoms with Crippen LogP contribution in [0.5, 0.6) is 16.7 Å². The predicted molar refractivity (Wildman–Crippen MR) is 85.4 cm³/mol. The number of hydrogen-bond donors (Lipinski definition) is 1. The molecule has 1 heterocycles.